The number of halogens is 2. The smallest absolute Gasteiger partial charge is 0.332 e. The quantitative estimate of drug-likeness (QED) is 0.564. The Bertz CT molecular complexity index is 1130. The molecule has 1 aromatic carbocycles. The van der Waals surface area contributed by atoms with Crippen molar-refractivity contribution in [3.8, 4) is 0 Å². The molecule has 2 aromatic heterocycles. The highest BCUT2D eigenvalue weighted by atomic mass is 35.5. The zero-order valence-electron chi connectivity index (χ0n) is 15.6. The summed E-state index contributed by atoms with van der Waals surface area (Å²) in [5.41, 5.74) is 0.438. The number of unbranched alkanes of at least 4 members (excludes halogenated alkanes) is 1. The summed E-state index contributed by atoms with van der Waals surface area (Å²) in [4.78, 5) is 30.2. The lowest BCUT2D eigenvalue weighted by atomic mass is 10.2. The SMILES string of the molecule is Cn1c(NCCCCO)nc2c1c(=O)n(Cc1ccc(Cl)c(Cl)c1)c(=O)n2C. The minimum Gasteiger partial charge on any atom is -0.396 e. The molecule has 0 atom stereocenters. The van der Waals surface area contributed by atoms with Crippen molar-refractivity contribution in [2.45, 2.75) is 19.4 Å². The first kappa shape index (κ1) is 20.4. The molecule has 10 heteroatoms. The second-order valence-electron chi connectivity index (χ2n) is 6.51. The number of aliphatic hydroxyl groups is 1. The van der Waals surface area contributed by atoms with Crippen LogP contribution in [0.3, 0.4) is 0 Å². The fraction of sp³-hybridized carbons (Fsp3) is 0.389. The monoisotopic (exact) mass is 425 g/mol. The summed E-state index contributed by atoms with van der Waals surface area (Å²) >= 11 is 12.0. The van der Waals surface area contributed by atoms with Crippen LogP contribution in [0.25, 0.3) is 11.2 Å². The number of aryl methyl sites for hydroxylation is 2. The molecule has 0 saturated carbocycles. The molecule has 8 nitrogen and oxygen atoms in total. The van der Waals surface area contributed by atoms with Crippen molar-refractivity contribution in [1.82, 2.24) is 18.7 Å². The Kier molecular flexibility index (Phi) is 6.12. The van der Waals surface area contributed by atoms with Gasteiger partial charge in [0, 0.05) is 27.2 Å². The van der Waals surface area contributed by atoms with Crippen LogP contribution in [0, 0.1) is 0 Å². The maximum Gasteiger partial charge on any atom is 0.332 e. The van der Waals surface area contributed by atoms with Crippen LogP contribution in [0.1, 0.15) is 18.4 Å². The first-order chi connectivity index (χ1) is 13.3. The number of hydrogen-bond donors (Lipinski definition) is 2. The van der Waals surface area contributed by atoms with Gasteiger partial charge in [0.05, 0.1) is 16.6 Å². The third-order valence-electron chi connectivity index (χ3n) is 4.55. The standard InChI is InChI=1S/C18H21Cl2N5O3/c1-23-14-15(22-17(23)21-7-3-4-8-26)24(2)18(28)25(16(14)27)10-11-5-6-12(19)13(20)9-11/h5-6,9,26H,3-4,7-8,10H2,1-2H3,(H,21,22). The molecule has 2 heterocycles. The molecule has 0 aliphatic carbocycles. The predicted molar refractivity (Wildman–Crippen MR) is 111 cm³/mol. The zero-order valence-corrected chi connectivity index (χ0v) is 17.1. The number of fused-ring (bicyclic) bond motifs is 1. The number of anilines is 1. The van der Waals surface area contributed by atoms with E-state index in [0.717, 1.165) is 11.0 Å². The normalized spacial score (nSPS) is 11.3. The number of nitrogens with zero attached hydrogens (tertiary/aromatic N) is 4. The van der Waals surface area contributed by atoms with Gasteiger partial charge in [-0.25, -0.2) is 4.79 Å². The van der Waals surface area contributed by atoms with E-state index in [4.69, 9.17) is 28.3 Å². The molecule has 0 unspecified atom stereocenters. The van der Waals surface area contributed by atoms with Crippen molar-refractivity contribution in [3.63, 3.8) is 0 Å². The van der Waals surface area contributed by atoms with Crippen LogP contribution in [0.15, 0.2) is 27.8 Å². The van der Waals surface area contributed by atoms with Crippen molar-refractivity contribution < 1.29 is 5.11 Å². The summed E-state index contributed by atoms with van der Waals surface area (Å²) in [6.45, 7) is 0.796. The first-order valence-electron chi connectivity index (χ1n) is 8.80. The molecular formula is C18H21Cl2N5O3. The number of benzene rings is 1. The summed E-state index contributed by atoms with van der Waals surface area (Å²) in [7, 11) is 3.30. The summed E-state index contributed by atoms with van der Waals surface area (Å²) in [6, 6.07) is 4.99. The number of imidazole rings is 1. The van der Waals surface area contributed by atoms with Crippen molar-refractivity contribution >= 4 is 40.3 Å². The topological polar surface area (TPSA) is 94.1 Å². The Balaban J connectivity index is 2.04. The van der Waals surface area contributed by atoms with Gasteiger partial charge in [-0.05, 0) is 30.5 Å². The molecule has 2 N–H and O–H groups in total. The molecular weight excluding hydrogens is 405 g/mol. The van der Waals surface area contributed by atoms with E-state index in [0.29, 0.717) is 45.7 Å². The molecule has 150 valence electrons. The molecule has 3 aromatic rings. The Morgan fingerprint density at radius 2 is 1.86 bits per heavy atom. The highest BCUT2D eigenvalue weighted by Gasteiger charge is 2.18. The van der Waals surface area contributed by atoms with Gasteiger partial charge in [-0.3, -0.25) is 13.9 Å². The molecule has 0 aliphatic rings. The third-order valence-corrected chi connectivity index (χ3v) is 5.29. The molecule has 0 aliphatic heterocycles. The van der Waals surface area contributed by atoms with E-state index in [2.05, 4.69) is 10.3 Å². The largest absolute Gasteiger partial charge is 0.396 e. The lowest BCUT2D eigenvalue weighted by Gasteiger charge is -2.09. The fourth-order valence-electron chi connectivity index (χ4n) is 3.00. The predicted octanol–water partition coefficient (Wildman–Crippen LogP) is 1.97. The van der Waals surface area contributed by atoms with E-state index in [1.807, 2.05) is 0 Å². The van der Waals surface area contributed by atoms with E-state index in [1.54, 1.807) is 36.9 Å². The Hall–Kier alpha value is -2.29. The highest BCUT2D eigenvalue weighted by molar-refractivity contribution is 6.42. The van der Waals surface area contributed by atoms with Crippen molar-refractivity contribution in [2.24, 2.45) is 14.1 Å². The molecule has 0 bridgehead atoms. The number of aromatic nitrogens is 4. The van der Waals surface area contributed by atoms with Gasteiger partial charge in [0.2, 0.25) is 5.95 Å². The Morgan fingerprint density at radius 1 is 1.11 bits per heavy atom. The van der Waals surface area contributed by atoms with Gasteiger partial charge in [-0.2, -0.15) is 4.98 Å². The third kappa shape index (κ3) is 3.80. The van der Waals surface area contributed by atoms with Crippen LogP contribution in [-0.4, -0.2) is 36.9 Å². The zero-order chi connectivity index (χ0) is 20.4. The van der Waals surface area contributed by atoms with E-state index in [-0.39, 0.29) is 13.2 Å². The molecule has 0 radical (unpaired) electrons. The maximum atomic E-state index is 13.0. The van der Waals surface area contributed by atoms with Crippen molar-refractivity contribution in [1.29, 1.82) is 0 Å². The average molecular weight is 426 g/mol. The molecule has 28 heavy (non-hydrogen) atoms. The molecule has 0 spiro atoms. The maximum absolute atomic E-state index is 13.0. The van der Waals surface area contributed by atoms with Crippen LogP contribution >= 0.6 is 23.2 Å². The number of rotatable bonds is 7. The van der Waals surface area contributed by atoms with Gasteiger partial charge in [-0.1, -0.05) is 29.3 Å². The molecule has 3 rings (SSSR count). The van der Waals surface area contributed by atoms with Gasteiger partial charge < -0.3 is 15.0 Å². The van der Waals surface area contributed by atoms with Crippen LogP contribution in [0.2, 0.25) is 10.0 Å². The van der Waals surface area contributed by atoms with Gasteiger partial charge in [0.15, 0.2) is 11.2 Å². The lowest BCUT2D eigenvalue weighted by Crippen LogP contribution is -2.39. The van der Waals surface area contributed by atoms with Crippen molar-refractivity contribution in [3.05, 3.63) is 54.6 Å². The number of nitrogens with one attached hydrogen (secondary N) is 1. The first-order valence-corrected chi connectivity index (χ1v) is 9.55. The van der Waals surface area contributed by atoms with Crippen LogP contribution < -0.4 is 16.6 Å². The van der Waals surface area contributed by atoms with E-state index in [1.165, 1.54) is 4.57 Å². The van der Waals surface area contributed by atoms with Gasteiger partial charge in [0.25, 0.3) is 5.56 Å². The average Bonchev–Trinajstić information content (AvgIpc) is 3.00. The molecule has 0 fully saturated rings. The van der Waals surface area contributed by atoms with Crippen molar-refractivity contribution in [2.75, 3.05) is 18.5 Å². The summed E-state index contributed by atoms with van der Waals surface area (Å²) in [5, 5.41) is 12.8. The lowest BCUT2D eigenvalue weighted by molar-refractivity contribution is 0.286. The summed E-state index contributed by atoms with van der Waals surface area (Å²) in [6.07, 6.45) is 1.44. The number of aliphatic hydroxyl groups excluding tert-OH is 1. The Morgan fingerprint density at radius 3 is 2.54 bits per heavy atom. The number of hydrogen-bond acceptors (Lipinski definition) is 5. The van der Waals surface area contributed by atoms with E-state index < -0.39 is 11.2 Å². The minimum atomic E-state index is -0.464. The summed E-state index contributed by atoms with van der Waals surface area (Å²) in [5.74, 6) is 0.493. The van der Waals surface area contributed by atoms with E-state index in [9.17, 15) is 9.59 Å². The fourth-order valence-corrected chi connectivity index (χ4v) is 3.32. The second-order valence-corrected chi connectivity index (χ2v) is 7.32. The highest BCUT2D eigenvalue weighted by Crippen LogP contribution is 2.22. The molecule has 0 amide bonds. The van der Waals surface area contributed by atoms with Gasteiger partial charge >= 0.3 is 5.69 Å². The van der Waals surface area contributed by atoms with E-state index >= 15 is 0 Å². The van der Waals surface area contributed by atoms with Gasteiger partial charge in [0.1, 0.15) is 0 Å². The van der Waals surface area contributed by atoms with Crippen LogP contribution in [-0.2, 0) is 20.6 Å². The summed E-state index contributed by atoms with van der Waals surface area (Å²) < 4.78 is 4.15. The van der Waals surface area contributed by atoms with Gasteiger partial charge in [-0.15, -0.1) is 0 Å². The van der Waals surface area contributed by atoms with Crippen LogP contribution in [0.4, 0.5) is 5.95 Å². The molecule has 0 saturated heterocycles. The Labute approximate surface area is 170 Å². The van der Waals surface area contributed by atoms with Crippen LogP contribution in [0.5, 0.6) is 0 Å². The second kappa shape index (κ2) is 8.38. The minimum absolute atomic E-state index is 0.0722.